The molecule has 9 heteroatoms. The lowest BCUT2D eigenvalue weighted by atomic mass is 9.76. The molecule has 158 valence electrons. The molecule has 2 heterocycles. The first kappa shape index (κ1) is 21.7. The molecule has 2 amide bonds. The number of hydrogen-bond acceptors (Lipinski definition) is 3. The Hall–Kier alpha value is -2.00. The summed E-state index contributed by atoms with van der Waals surface area (Å²) < 4.78 is 50.8. The number of aryl methyl sites for hydroxylation is 1. The van der Waals surface area contributed by atoms with Crippen LogP contribution in [0.2, 0.25) is 0 Å². The van der Waals surface area contributed by atoms with Gasteiger partial charge in [0.1, 0.15) is 0 Å². The Morgan fingerprint density at radius 3 is 2.52 bits per heavy atom. The van der Waals surface area contributed by atoms with Crippen LogP contribution in [0.1, 0.15) is 39.7 Å². The fraction of sp³-hybridized carbons (Fsp3) is 0.550. The zero-order valence-electron chi connectivity index (χ0n) is 17.3. The van der Waals surface area contributed by atoms with Crippen LogP contribution in [-0.4, -0.2) is 48.5 Å². The normalized spacial score (nSPS) is 24.1. The van der Waals surface area contributed by atoms with Crippen molar-refractivity contribution in [1.82, 2.24) is 4.90 Å². The van der Waals surface area contributed by atoms with Crippen LogP contribution < -0.4 is 10.8 Å². The van der Waals surface area contributed by atoms with E-state index in [9.17, 15) is 18.0 Å². The fourth-order valence-corrected chi connectivity index (χ4v) is 3.52. The fourth-order valence-electron chi connectivity index (χ4n) is 3.52. The number of urea groups is 1. The van der Waals surface area contributed by atoms with E-state index in [0.717, 1.165) is 28.4 Å². The van der Waals surface area contributed by atoms with Crippen LogP contribution in [0, 0.1) is 6.92 Å². The van der Waals surface area contributed by atoms with E-state index in [2.05, 4.69) is 5.32 Å². The summed E-state index contributed by atoms with van der Waals surface area (Å²) in [5, 5.41) is 2.68. The van der Waals surface area contributed by atoms with Gasteiger partial charge in [0.2, 0.25) is 0 Å². The van der Waals surface area contributed by atoms with Crippen molar-refractivity contribution in [2.24, 2.45) is 0 Å². The molecule has 1 aromatic carbocycles. The van der Waals surface area contributed by atoms with Gasteiger partial charge < -0.3 is 19.5 Å². The van der Waals surface area contributed by atoms with Crippen LogP contribution in [0.5, 0.6) is 0 Å². The number of nitrogens with zero attached hydrogens (tertiary/aromatic N) is 1. The van der Waals surface area contributed by atoms with Crippen molar-refractivity contribution in [2.75, 3.05) is 18.4 Å². The van der Waals surface area contributed by atoms with Crippen molar-refractivity contribution in [3.63, 3.8) is 0 Å². The van der Waals surface area contributed by atoms with Crippen LogP contribution >= 0.6 is 0 Å². The van der Waals surface area contributed by atoms with E-state index in [-0.39, 0.29) is 6.54 Å². The van der Waals surface area contributed by atoms with Crippen LogP contribution in [0.4, 0.5) is 23.7 Å². The van der Waals surface area contributed by atoms with Crippen molar-refractivity contribution in [1.29, 1.82) is 0 Å². The first-order valence-electron chi connectivity index (χ1n) is 9.64. The molecule has 0 spiro atoms. The number of rotatable bonds is 3. The average Bonchev–Trinajstić information content (AvgIpc) is 3.20. The first-order valence-corrected chi connectivity index (χ1v) is 9.64. The minimum Gasteiger partial charge on any atom is -0.399 e. The summed E-state index contributed by atoms with van der Waals surface area (Å²) in [4.78, 5) is 13.5. The Labute approximate surface area is 169 Å². The van der Waals surface area contributed by atoms with Gasteiger partial charge in [-0.05, 0) is 51.7 Å². The molecular weight excluding hydrogens is 384 g/mol. The lowest BCUT2D eigenvalue weighted by Crippen LogP contribution is -2.44. The maximum Gasteiger partial charge on any atom is 0.495 e. The minimum atomic E-state index is -4.41. The molecule has 1 saturated heterocycles. The average molecular weight is 410 g/mol. The van der Waals surface area contributed by atoms with E-state index >= 15 is 0 Å². The Morgan fingerprint density at radius 1 is 1.28 bits per heavy atom. The number of benzene rings is 1. The van der Waals surface area contributed by atoms with Crippen LogP contribution in [0.15, 0.2) is 29.8 Å². The molecule has 0 saturated carbocycles. The van der Waals surface area contributed by atoms with E-state index in [4.69, 9.17) is 9.31 Å². The molecule has 2 aliphatic rings. The second-order valence-electron chi connectivity index (χ2n) is 8.27. The van der Waals surface area contributed by atoms with E-state index in [1.807, 2.05) is 40.7 Å². The second kappa shape index (κ2) is 7.36. The van der Waals surface area contributed by atoms with Gasteiger partial charge >= 0.3 is 19.3 Å². The van der Waals surface area contributed by atoms with Crippen molar-refractivity contribution >= 4 is 24.3 Å². The topological polar surface area (TPSA) is 50.8 Å². The number of hydrogen-bond donors (Lipinski definition) is 1. The number of carbonyl (C=O) groups is 1. The van der Waals surface area contributed by atoms with Crippen LogP contribution in [0.25, 0.3) is 0 Å². The SMILES string of the molecule is CCC1(C)OB(c2cc(NC(=O)N3CC=C(C(F)(F)F)C3)ccc2C)OC1(C)C. The number of alkyl halides is 3. The molecule has 0 bridgehead atoms. The summed E-state index contributed by atoms with van der Waals surface area (Å²) in [6.07, 6.45) is -2.61. The summed E-state index contributed by atoms with van der Waals surface area (Å²) in [6.45, 7) is 9.40. The van der Waals surface area contributed by atoms with Gasteiger partial charge in [-0.1, -0.05) is 24.6 Å². The molecule has 5 nitrogen and oxygen atoms in total. The van der Waals surface area contributed by atoms with E-state index in [0.29, 0.717) is 5.69 Å². The second-order valence-corrected chi connectivity index (χ2v) is 8.27. The highest BCUT2D eigenvalue weighted by Gasteiger charge is 2.53. The van der Waals surface area contributed by atoms with Gasteiger partial charge in [0, 0.05) is 12.2 Å². The van der Waals surface area contributed by atoms with Crippen molar-refractivity contribution < 1.29 is 27.3 Å². The molecule has 1 N–H and O–H groups in total. The van der Waals surface area contributed by atoms with E-state index in [1.54, 1.807) is 12.1 Å². The third kappa shape index (κ3) is 4.16. The minimum absolute atomic E-state index is 0.0721. The third-order valence-electron chi connectivity index (χ3n) is 6.07. The molecule has 1 atom stereocenters. The predicted molar refractivity (Wildman–Crippen MR) is 106 cm³/mol. The predicted octanol–water partition coefficient (Wildman–Crippen LogP) is 4.02. The number of halogens is 3. The zero-order valence-corrected chi connectivity index (χ0v) is 17.3. The third-order valence-corrected chi connectivity index (χ3v) is 6.07. The first-order chi connectivity index (χ1) is 13.4. The molecule has 29 heavy (non-hydrogen) atoms. The zero-order chi connectivity index (χ0) is 21.6. The van der Waals surface area contributed by atoms with Crippen molar-refractivity contribution in [2.45, 2.75) is 58.4 Å². The quantitative estimate of drug-likeness (QED) is 0.605. The summed E-state index contributed by atoms with van der Waals surface area (Å²) in [6, 6.07) is 4.71. The van der Waals surface area contributed by atoms with Crippen molar-refractivity contribution in [3.8, 4) is 0 Å². The van der Waals surface area contributed by atoms with Gasteiger partial charge in [-0.2, -0.15) is 13.2 Å². The number of nitrogens with one attached hydrogen (secondary N) is 1. The number of amides is 2. The van der Waals surface area contributed by atoms with Gasteiger partial charge in [0.15, 0.2) is 0 Å². The standard InChI is InChI=1S/C20H26BF3N2O3/c1-6-19(5)18(3,4)28-21(29-19)16-11-15(8-7-13(16)2)25-17(27)26-10-9-14(12-26)20(22,23)24/h7-9,11H,6,10,12H2,1-5H3,(H,25,27). The smallest absolute Gasteiger partial charge is 0.399 e. The largest absolute Gasteiger partial charge is 0.495 e. The summed E-state index contributed by atoms with van der Waals surface area (Å²) >= 11 is 0. The van der Waals surface area contributed by atoms with Gasteiger partial charge in [-0.3, -0.25) is 0 Å². The highest BCUT2D eigenvalue weighted by atomic mass is 19.4. The maximum absolute atomic E-state index is 12.8. The van der Waals surface area contributed by atoms with Crippen LogP contribution in [0.3, 0.4) is 0 Å². The molecule has 1 fully saturated rings. The molecule has 3 rings (SSSR count). The van der Waals surface area contributed by atoms with Gasteiger partial charge in [-0.25, -0.2) is 4.79 Å². The molecule has 2 aliphatic heterocycles. The van der Waals surface area contributed by atoms with Gasteiger partial charge in [-0.15, -0.1) is 0 Å². The van der Waals surface area contributed by atoms with Gasteiger partial charge in [0.05, 0.1) is 23.3 Å². The lowest BCUT2D eigenvalue weighted by molar-refractivity contribution is -0.0929. The Bertz CT molecular complexity index is 841. The molecule has 1 aromatic rings. The van der Waals surface area contributed by atoms with Crippen LogP contribution in [-0.2, 0) is 9.31 Å². The highest BCUT2D eigenvalue weighted by molar-refractivity contribution is 6.62. The summed E-state index contributed by atoms with van der Waals surface area (Å²) in [7, 11) is -0.586. The lowest BCUT2D eigenvalue weighted by Gasteiger charge is -2.35. The molecular formula is C20H26BF3N2O3. The van der Waals surface area contributed by atoms with E-state index < -0.39 is 42.6 Å². The highest BCUT2D eigenvalue weighted by Crippen LogP contribution is 2.39. The van der Waals surface area contributed by atoms with Crippen molar-refractivity contribution in [3.05, 3.63) is 35.4 Å². The Morgan fingerprint density at radius 2 is 1.97 bits per heavy atom. The summed E-state index contributed by atoms with van der Waals surface area (Å²) in [5.74, 6) is 0. The molecule has 0 aromatic heterocycles. The number of carbonyl (C=O) groups excluding carboxylic acids is 1. The molecule has 0 radical (unpaired) electrons. The molecule has 1 unspecified atom stereocenters. The Balaban J connectivity index is 1.73. The monoisotopic (exact) mass is 410 g/mol. The van der Waals surface area contributed by atoms with E-state index in [1.165, 1.54) is 0 Å². The maximum atomic E-state index is 12.8. The van der Waals surface area contributed by atoms with Gasteiger partial charge in [0.25, 0.3) is 0 Å². The summed E-state index contributed by atoms with van der Waals surface area (Å²) in [5.41, 5.74) is 0.540. The number of anilines is 1. The Kier molecular flexibility index (Phi) is 5.51. The molecule has 0 aliphatic carbocycles.